The average Bonchev–Trinajstić information content (AvgIpc) is 2.86. The van der Waals surface area contributed by atoms with Gasteiger partial charge in [-0.15, -0.1) is 0 Å². The van der Waals surface area contributed by atoms with Crippen molar-refractivity contribution in [3.63, 3.8) is 0 Å². The van der Waals surface area contributed by atoms with Crippen LogP contribution in [0.15, 0.2) is 4.52 Å². The highest BCUT2D eigenvalue weighted by Crippen LogP contribution is 2.34. The molecule has 6 nitrogen and oxygen atoms in total. The first-order valence-corrected chi connectivity index (χ1v) is 6.19. The Bertz CT molecular complexity index is 436. The summed E-state index contributed by atoms with van der Waals surface area (Å²) in [7, 11) is 0. The molecular formula is C12H20N4O2. The fourth-order valence-electron chi connectivity index (χ4n) is 2.11. The highest BCUT2D eigenvalue weighted by Gasteiger charge is 2.37. The van der Waals surface area contributed by atoms with Crippen molar-refractivity contribution in [3.8, 4) is 0 Å². The second-order valence-electron chi connectivity index (χ2n) is 5.85. The molecule has 1 aliphatic heterocycles. The minimum atomic E-state index is 0.143. The van der Waals surface area contributed by atoms with E-state index < -0.39 is 0 Å². The maximum absolute atomic E-state index is 11.9. The van der Waals surface area contributed by atoms with E-state index in [0.29, 0.717) is 30.6 Å². The lowest BCUT2D eigenvalue weighted by atomic mass is 9.80. The van der Waals surface area contributed by atoms with E-state index in [-0.39, 0.29) is 17.9 Å². The molecule has 0 spiro atoms. The van der Waals surface area contributed by atoms with E-state index in [4.69, 9.17) is 10.3 Å². The van der Waals surface area contributed by atoms with Gasteiger partial charge in [0.15, 0.2) is 5.82 Å². The van der Waals surface area contributed by atoms with E-state index in [0.717, 1.165) is 6.54 Å². The van der Waals surface area contributed by atoms with Gasteiger partial charge in [-0.2, -0.15) is 4.98 Å². The Labute approximate surface area is 107 Å². The monoisotopic (exact) mass is 252 g/mol. The van der Waals surface area contributed by atoms with Crippen LogP contribution in [0.1, 0.15) is 38.9 Å². The normalized spacial score (nSPS) is 20.8. The molecule has 1 unspecified atom stereocenters. The molecule has 0 bridgehead atoms. The Morgan fingerprint density at radius 3 is 2.72 bits per heavy atom. The molecule has 1 saturated heterocycles. The Morgan fingerprint density at radius 1 is 1.50 bits per heavy atom. The first kappa shape index (κ1) is 13.0. The van der Waals surface area contributed by atoms with Crippen LogP contribution in [0.2, 0.25) is 0 Å². The zero-order chi connectivity index (χ0) is 13.3. The molecule has 1 aliphatic rings. The van der Waals surface area contributed by atoms with Crippen molar-refractivity contribution >= 4 is 5.91 Å². The Kier molecular flexibility index (Phi) is 3.38. The van der Waals surface area contributed by atoms with Gasteiger partial charge in [0.2, 0.25) is 11.8 Å². The number of carbonyl (C=O) groups is 1. The van der Waals surface area contributed by atoms with Crippen LogP contribution in [0.3, 0.4) is 0 Å². The SMILES string of the molecule is CC(C)(C)C1CC(=O)N(Cc2noc(CN)n2)C1. The van der Waals surface area contributed by atoms with Crippen LogP contribution < -0.4 is 5.73 Å². The van der Waals surface area contributed by atoms with Crippen molar-refractivity contribution in [2.24, 2.45) is 17.1 Å². The minimum Gasteiger partial charge on any atom is -0.338 e. The van der Waals surface area contributed by atoms with Crippen LogP contribution in [0.4, 0.5) is 0 Å². The molecule has 1 fully saturated rings. The lowest BCUT2D eigenvalue weighted by molar-refractivity contribution is -0.128. The largest absolute Gasteiger partial charge is 0.338 e. The van der Waals surface area contributed by atoms with Gasteiger partial charge in [-0.1, -0.05) is 25.9 Å². The summed E-state index contributed by atoms with van der Waals surface area (Å²) in [5, 5.41) is 3.81. The number of hydrogen-bond acceptors (Lipinski definition) is 5. The van der Waals surface area contributed by atoms with Gasteiger partial charge in [-0.05, 0) is 11.3 Å². The van der Waals surface area contributed by atoms with Crippen molar-refractivity contribution < 1.29 is 9.32 Å². The van der Waals surface area contributed by atoms with Crippen LogP contribution in [0, 0.1) is 11.3 Å². The van der Waals surface area contributed by atoms with Gasteiger partial charge in [-0.3, -0.25) is 4.79 Å². The third kappa shape index (κ3) is 2.69. The van der Waals surface area contributed by atoms with Crippen LogP contribution in [-0.4, -0.2) is 27.5 Å². The van der Waals surface area contributed by atoms with Crippen LogP contribution >= 0.6 is 0 Å². The second kappa shape index (κ2) is 4.68. The lowest BCUT2D eigenvalue weighted by Crippen LogP contribution is -2.27. The Balaban J connectivity index is 2.00. The van der Waals surface area contributed by atoms with Gasteiger partial charge in [0.1, 0.15) is 0 Å². The summed E-state index contributed by atoms with van der Waals surface area (Å²) in [5.74, 6) is 1.47. The van der Waals surface area contributed by atoms with Gasteiger partial charge in [0.05, 0.1) is 13.1 Å². The molecule has 1 atom stereocenters. The molecule has 1 aromatic heterocycles. The predicted molar refractivity (Wildman–Crippen MR) is 65.2 cm³/mol. The highest BCUT2D eigenvalue weighted by molar-refractivity contribution is 5.78. The van der Waals surface area contributed by atoms with Crippen molar-refractivity contribution in [1.29, 1.82) is 0 Å². The smallest absolute Gasteiger partial charge is 0.240 e. The zero-order valence-corrected chi connectivity index (χ0v) is 11.1. The molecule has 18 heavy (non-hydrogen) atoms. The summed E-state index contributed by atoms with van der Waals surface area (Å²) >= 11 is 0. The molecule has 2 heterocycles. The first-order valence-electron chi connectivity index (χ1n) is 6.19. The number of rotatable bonds is 3. The van der Waals surface area contributed by atoms with E-state index in [9.17, 15) is 4.79 Å². The molecule has 0 aliphatic carbocycles. The summed E-state index contributed by atoms with van der Waals surface area (Å²) < 4.78 is 4.93. The minimum absolute atomic E-state index is 0.143. The van der Waals surface area contributed by atoms with Crippen LogP contribution in [0.5, 0.6) is 0 Å². The molecular weight excluding hydrogens is 232 g/mol. The van der Waals surface area contributed by atoms with Gasteiger partial charge in [-0.25, -0.2) is 0 Å². The maximum atomic E-state index is 11.9. The number of carbonyl (C=O) groups excluding carboxylic acids is 1. The highest BCUT2D eigenvalue weighted by atomic mass is 16.5. The number of hydrogen-bond donors (Lipinski definition) is 1. The molecule has 0 aromatic carbocycles. The van der Waals surface area contributed by atoms with E-state index in [1.54, 1.807) is 4.90 Å². The van der Waals surface area contributed by atoms with Gasteiger partial charge in [0.25, 0.3) is 0 Å². The standard InChI is InChI=1S/C12H20N4O2/c1-12(2,3)8-4-11(17)16(6-8)7-9-14-10(5-13)18-15-9/h8H,4-7,13H2,1-3H3. The Hall–Kier alpha value is -1.43. The van der Waals surface area contributed by atoms with Crippen LogP contribution in [-0.2, 0) is 17.9 Å². The summed E-state index contributed by atoms with van der Waals surface area (Å²) in [5.41, 5.74) is 5.54. The van der Waals surface area contributed by atoms with E-state index in [2.05, 4.69) is 30.9 Å². The lowest BCUT2D eigenvalue weighted by Gasteiger charge is -2.26. The number of nitrogens with two attached hydrogens (primary N) is 1. The molecule has 1 amide bonds. The van der Waals surface area contributed by atoms with Crippen molar-refractivity contribution in [1.82, 2.24) is 15.0 Å². The maximum Gasteiger partial charge on any atom is 0.240 e. The topological polar surface area (TPSA) is 85.2 Å². The van der Waals surface area contributed by atoms with E-state index in [1.807, 2.05) is 0 Å². The summed E-state index contributed by atoms with van der Waals surface area (Å²) in [6.07, 6.45) is 0.602. The number of amides is 1. The first-order chi connectivity index (χ1) is 8.40. The van der Waals surface area contributed by atoms with Crippen LogP contribution in [0.25, 0.3) is 0 Å². The summed E-state index contributed by atoms with van der Waals surface area (Å²) in [6, 6.07) is 0. The molecule has 2 rings (SSSR count). The predicted octanol–water partition coefficient (Wildman–Crippen LogP) is 0.923. The average molecular weight is 252 g/mol. The fourth-order valence-corrected chi connectivity index (χ4v) is 2.11. The van der Waals surface area contributed by atoms with Crippen molar-refractivity contribution in [2.75, 3.05) is 6.54 Å². The zero-order valence-electron chi connectivity index (χ0n) is 11.1. The second-order valence-corrected chi connectivity index (χ2v) is 5.85. The fraction of sp³-hybridized carbons (Fsp3) is 0.750. The van der Waals surface area contributed by atoms with Gasteiger partial charge < -0.3 is 15.2 Å². The van der Waals surface area contributed by atoms with E-state index >= 15 is 0 Å². The molecule has 2 N–H and O–H groups in total. The van der Waals surface area contributed by atoms with Gasteiger partial charge >= 0.3 is 0 Å². The molecule has 6 heteroatoms. The number of likely N-dealkylation sites (tertiary alicyclic amines) is 1. The quantitative estimate of drug-likeness (QED) is 0.864. The van der Waals surface area contributed by atoms with Gasteiger partial charge in [0, 0.05) is 13.0 Å². The molecule has 100 valence electrons. The molecule has 1 aromatic rings. The summed E-state index contributed by atoms with van der Waals surface area (Å²) in [4.78, 5) is 17.8. The number of nitrogens with zero attached hydrogens (tertiary/aromatic N) is 3. The Morgan fingerprint density at radius 2 is 2.22 bits per heavy atom. The van der Waals surface area contributed by atoms with Crippen molar-refractivity contribution in [2.45, 2.75) is 40.3 Å². The molecule has 0 radical (unpaired) electrons. The third-order valence-electron chi connectivity index (χ3n) is 3.46. The molecule has 0 saturated carbocycles. The van der Waals surface area contributed by atoms with E-state index in [1.165, 1.54) is 0 Å². The summed E-state index contributed by atoms with van der Waals surface area (Å²) in [6.45, 7) is 7.88. The van der Waals surface area contributed by atoms with Crippen molar-refractivity contribution in [3.05, 3.63) is 11.7 Å². The third-order valence-corrected chi connectivity index (χ3v) is 3.46. The number of aromatic nitrogens is 2.